The molecule has 4 rings (SSSR count). The molecular weight excluding hydrogens is 462 g/mol. The predicted molar refractivity (Wildman–Crippen MR) is 117 cm³/mol. The molecule has 0 radical (unpaired) electrons. The van der Waals surface area contributed by atoms with E-state index in [2.05, 4.69) is 48.3 Å². The van der Waals surface area contributed by atoms with Crippen molar-refractivity contribution in [2.24, 2.45) is 5.92 Å². The van der Waals surface area contributed by atoms with Gasteiger partial charge in [-0.3, -0.25) is 4.79 Å². The third-order valence-electron chi connectivity index (χ3n) is 4.88. The van der Waals surface area contributed by atoms with Crippen LogP contribution in [0.25, 0.3) is 21.3 Å². The number of nitrogens with zero attached hydrogens (tertiary/aromatic N) is 3. The summed E-state index contributed by atoms with van der Waals surface area (Å²) < 4.78 is 6.27. The van der Waals surface area contributed by atoms with E-state index in [1.807, 2.05) is 19.1 Å². The number of halogens is 2. The number of rotatable bonds is 4. The molecule has 1 saturated heterocycles. The average molecular weight is 481 g/mol. The highest BCUT2D eigenvalue weighted by Crippen LogP contribution is 2.40. The molecule has 0 bridgehead atoms. The largest absolute Gasteiger partial charge is 0.466 e. The van der Waals surface area contributed by atoms with Crippen LogP contribution in [0.2, 0.25) is 5.28 Å². The van der Waals surface area contributed by atoms with E-state index in [0.717, 1.165) is 51.0 Å². The van der Waals surface area contributed by atoms with Crippen molar-refractivity contribution in [3.8, 4) is 11.1 Å². The van der Waals surface area contributed by atoms with E-state index < -0.39 is 0 Å². The second-order valence-electron chi connectivity index (χ2n) is 6.69. The first-order valence-corrected chi connectivity index (χ1v) is 11.2. The quantitative estimate of drug-likeness (QED) is 0.362. The molecule has 3 aromatic rings. The molecule has 1 aliphatic heterocycles. The Balaban J connectivity index is 1.76. The topological polar surface area (TPSA) is 55.3 Å². The van der Waals surface area contributed by atoms with Gasteiger partial charge in [-0.05, 0) is 49.1 Å². The maximum Gasteiger partial charge on any atom is 0.310 e. The van der Waals surface area contributed by atoms with E-state index in [1.165, 1.54) is 0 Å². The normalized spacial score (nSPS) is 17.1. The molecule has 146 valence electrons. The Morgan fingerprint density at radius 1 is 1.36 bits per heavy atom. The summed E-state index contributed by atoms with van der Waals surface area (Å²) in [5.74, 6) is 0.512. The summed E-state index contributed by atoms with van der Waals surface area (Å²) in [4.78, 5) is 24.3. The number of fused-ring (bicyclic) bond motifs is 1. The third-order valence-corrected chi connectivity index (χ3v) is 6.45. The molecule has 0 amide bonds. The van der Waals surface area contributed by atoms with Crippen LogP contribution in [0.1, 0.15) is 19.8 Å². The third kappa shape index (κ3) is 3.88. The molecule has 0 saturated carbocycles. The number of anilines is 1. The number of carbonyl (C=O) groups is 1. The molecule has 1 aliphatic rings. The minimum absolute atomic E-state index is 0.137. The minimum Gasteiger partial charge on any atom is -0.466 e. The second-order valence-corrected chi connectivity index (χ2v) is 8.80. The highest BCUT2D eigenvalue weighted by atomic mass is 79.9. The lowest BCUT2D eigenvalue weighted by molar-refractivity contribution is -0.148. The molecule has 1 fully saturated rings. The lowest BCUT2D eigenvalue weighted by Crippen LogP contribution is -2.40. The highest BCUT2D eigenvalue weighted by molar-refractivity contribution is 9.10. The van der Waals surface area contributed by atoms with Crippen molar-refractivity contribution in [2.45, 2.75) is 19.8 Å². The van der Waals surface area contributed by atoms with Crippen LogP contribution in [0.5, 0.6) is 0 Å². The van der Waals surface area contributed by atoms with Crippen LogP contribution in [-0.2, 0) is 9.53 Å². The van der Waals surface area contributed by atoms with E-state index in [4.69, 9.17) is 16.3 Å². The summed E-state index contributed by atoms with van der Waals surface area (Å²) in [5, 5.41) is 3.31. The fourth-order valence-corrected chi connectivity index (χ4v) is 5.01. The number of esters is 1. The Kier molecular flexibility index (Phi) is 5.85. The highest BCUT2D eigenvalue weighted by Gasteiger charge is 2.29. The van der Waals surface area contributed by atoms with Crippen molar-refractivity contribution >= 4 is 60.9 Å². The van der Waals surface area contributed by atoms with Crippen molar-refractivity contribution < 1.29 is 9.53 Å². The van der Waals surface area contributed by atoms with Crippen LogP contribution >= 0.6 is 38.9 Å². The number of hydrogen-bond acceptors (Lipinski definition) is 6. The maximum atomic E-state index is 12.3. The predicted octanol–water partition coefficient (Wildman–Crippen LogP) is 5.55. The van der Waals surface area contributed by atoms with Gasteiger partial charge in [0.15, 0.2) is 0 Å². The Morgan fingerprint density at radius 2 is 2.14 bits per heavy atom. The Morgan fingerprint density at radius 3 is 2.89 bits per heavy atom. The molecule has 1 atom stereocenters. The van der Waals surface area contributed by atoms with Gasteiger partial charge in [0.25, 0.3) is 0 Å². The molecule has 0 N–H and O–H groups in total. The summed E-state index contributed by atoms with van der Waals surface area (Å²) in [6, 6.07) is 8.18. The van der Waals surface area contributed by atoms with Gasteiger partial charge >= 0.3 is 5.97 Å². The molecule has 3 heterocycles. The van der Waals surface area contributed by atoms with Crippen molar-refractivity contribution in [3.63, 3.8) is 0 Å². The van der Waals surface area contributed by atoms with Gasteiger partial charge < -0.3 is 9.64 Å². The number of aromatic nitrogens is 2. The van der Waals surface area contributed by atoms with Crippen molar-refractivity contribution in [1.29, 1.82) is 0 Å². The minimum atomic E-state index is -0.146. The smallest absolute Gasteiger partial charge is 0.310 e. The lowest BCUT2D eigenvalue weighted by atomic mass is 9.97. The zero-order valence-electron chi connectivity index (χ0n) is 15.3. The number of ether oxygens (including phenoxy) is 1. The van der Waals surface area contributed by atoms with Crippen LogP contribution in [-0.4, -0.2) is 35.6 Å². The number of benzene rings is 1. The fourth-order valence-electron chi connectivity index (χ4n) is 3.59. The molecule has 2 aromatic heterocycles. The summed E-state index contributed by atoms with van der Waals surface area (Å²) in [6.07, 6.45) is 1.74. The first-order chi connectivity index (χ1) is 13.6. The van der Waals surface area contributed by atoms with Crippen LogP contribution < -0.4 is 4.90 Å². The summed E-state index contributed by atoms with van der Waals surface area (Å²) in [7, 11) is 0. The van der Waals surface area contributed by atoms with Crippen molar-refractivity contribution in [1.82, 2.24) is 9.97 Å². The van der Waals surface area contributed by atoms with Gasteiger partial charge in [0.05, 0.1) is 17.9 Å². The molecule has 1 aromatic carbocycles. The lowest BCUT2D eigenvalue weighted by Gasteiger charge is -2.33. The van der Waals surface area contributed by atoms with E-state index in [1.54, 1.807) is 11.3 Å². The molecule has 8 heteroatoms. The zero-order valence-corrected chi connectivity index (χ0v) is 18.5. The molecule has 28 heavy (non-hydrogen) atoms. The summed E-state index contributed by atoms with van der Waals surface area (Å²) in [6.45, 7) is 3.64. The van der Waals surface area contributed by atoms with Crippen molar-refractivity contribution in [3.05, 3.63) is 39.4 Å². The van der Waals surface area contributed by atoms with Gasteiger partial charge in [-0.25, -0.2) is 4.98 Å². The maximum absolute atomic E-state index is 12.3. The van der Waals surface area contributed by atoms with E-state index in [0.29, 0.717) is 13.2 Å². The van der Waals surface area contributed by atoms with Crippen LogP contribution in [0.15, 0.2) is 34.1 Å². The van der Waals surface area contributed by atoms with Gasteiger partial charge in [0.1, 0.15) is 10.6 Å². The number of hydrogen-bond donors (Lipinski definition) is 0. The number of carbonyl (C=O) groups excluding carboxylic acids is 1. The standard InChI is InChI=1S/C20H19BrClN3O2S/c1-2-27-19(26)13-4-3-9-25(10-13)17-16-15(12-5-7-14(21)8-6-12)11-28-18(16)24-20(22)23-17/h5-8,11,13H,2-4,9-10H2,1H3. The SMILES string of the molecule is CCOC(=O)C1CCCN(c2nc(Cl)nc3scc(-c4ccc(Br)cc4)c23)C1. The van der Waals surface area contributed by atoms with Gasteiger partial charge in [0.2, 0.25) is 5.28 Å². The van der Waals surface area contributed by atoms with Crippen LogP contribution in [0.3, 0.4) is 0 Å². The fraction of sp³-hybridized carbons (Fsp3) is 0.350. The van der Waals surface area contributed by atoms with Crippen LogP contribution in [0, 0.1) is 5.92 Å². The second kappa shape index (κ2) is 8.35. The number of thiophene rings is 1. The molecule has 5 nitrogen and oxygen atoms in total. The van der Waals surface area contributed by atoms with Gasteiger partial charge in [-0.2, -0.15) is 4.98 Å². The Hall–Kier alpha value is -1.70. The molecule has 0 spiro atoms. The van der Waals surface area contributed by atoms with E-state index >= 15 is 0 Å². The van der Waals surface area contributed by atoms with Crippen molar-refractivity contribution in [2.75, 3.05) is 24.6 Å². The van der Waals surface area contributed by atoms with Gasteiger partial charge in [-0.15, -0.1) is 11.3 Å². The van der Waals surface area contributed by atoms with Crippen LogP contribution in [0.4, 0.5) is 5.82 Å². The zero-order chi connectivity index (χ0) is 19.7. The molecule has 1 unspecified atom stereocenters. The van der Waals surface area contributed by atoms with E-state index in [9.17, 15) is 4.79 Å². The summed E-state index contributed by atoms with van der Waals surface area (Å²) in [5.41, 5.74) is 2.18. The number of piperidine rings is 1. The van der Waals surface area contributed by atoms with Gasteiger partial charge in [0, 0.05) is 28.5 Å². The van der Waals surface area contributed by atoms with Gasteiger partial charge in [-0.1, -0.05) is 28.1 Å². The van der Waals surface area contributed by atoms with E-state index in [-0.39, 0.29) is 17.2 Å². The molecule has 0 aliphatic carbocycles. The Labute approximate surface area is 180 Å². The first kappa shape index (κ1) is 19.6. The Bertz CT molecular complexity index is 1010. The monoisotopic (exact) mass is 479 g/mol. The first-order valence-electron chi connectivity index (χ1n) is 9.19. The molecular formula is C20H19BrClN3O2S. The average Bonchev–Trinajstić information content (AvgIpc) is 3.12. The summed E-state index contributed by atoms with van der Waals surface area (Å²) >= 11 is 11.3.